The molecule has 0 saturated heterocycles. The lowest BCUT2D eigenvalue weighted by atomic mass is 10.2. The molecule has 0 saturated carbocycles. The Morgan fingerprint density at radius 1 is 1.16 bits per heavy atom. The summed E-state index contributed by atoms with van der Waals surface area (Å²) in [4.78, 5) is 27.7. The molecule has 4 rings (SSSR count). The molecular weight excluding hydrogens is 476 g/mol. The monoisotopic (exact) mass is 492 g/mol. The number of halogens is 1. The van der Waals surface area contributed by atoms with Gasteiger partial charge in [-0.25, -0.2) is 4.98 Å². The predicted octanol–water partition coefficient (Wildman–Crippen LogP) is 4.84. The van der Waals surface area contributed by atoms with Crippen LogP contribution < -0.4 is 10.3 Å². The summed E-state index contributed by atoms with van der Waals surface area (Å²) in [5, 5.41) is 15.6. The summed E-state index contributed by atoms with van der Waals surface area (Å²) in [5.41, 5.74) is 1.83. The van der Waals surface area contributed by atoms with Crippen molar-refractivity contribution in [3.8, 4) is 5.75 Å². The third kappa shape index (κ3) is 4.57. The fraction of sp³-hybridized carbons (Fsp3) is 0.0870. The molecule has 0 atom stereocenters. The van der Waals surface area contributed by atoms with E-state index < -0.39 is 4.92 Å². The number of rotatable bonds is 6. The first-order chi connectivity index (χ1) is 15.4. The zero-order valence-corrected chi connectivity index (χ0v) is 18.5. The zero-order valence-electron chi connectivity index (χ0n) is 16.9. The standard InChI is InChI=1S/C23H17BrN4O4/c1-15-26-21-11-8-18(24)12-20(21)23(29)27(15)25-13-17-4-2-3-5-22(17)32-14-16-6-9-19(10-7-16)28(30)31/h2-13H,14H2,1H3. The first-order valence-electron chi connectivity index (χ1n) is 9.61. The fourth-order valence-electron chi connectivity index (χ4n) is 3.11. The number of para-hydroxylation sites is 1. The van der Waals surface area contributed by atoms with Crippen molar-refractivity contribution in [2.24, 2.45) is 5.10 Å². The summed E-state index contributed by atoms with van der Waals surface area (Å²) in [7, 11) is 0. The van der Waals surface area contributed by atoms with Crippen LogP contribution in [-0.2, 0) is 6.61 Å². The van der Waals surface area contributed by atoms with E-state index in [9.17, 15) is 14.9 Å². The van der Waals surface area contributed by atoms with Gasteiger partial charge in [-0.15, -0.1) is 0 Å². The van der Waals surface area contributed by atoms with Crippen LogP contribution in [0.15, 0.2) is 81.1 Å². The zero-order chi connectivity index (χ0) is 22.7. The maximum absolute atomic E-state index is 12.9. The SMILES string of the molecule is Cc1nc2ccc(Br)cc2c(=O)n1N=Cc1ccccc1OCc1ccc([N+](=O)[O-])cc1. The number of aromatic nitrogens is 2. The highest BCUT2D eigenvalue weighted by Crippen LogP contribution is 2.20. The Balaban J connectivity index is 1.59. The Morgan fingerprint density at radius 2 is 1.91 bits per heavy atom. The van der Waals surface area contributed by atoms with Crippen LogP contribution >= 0.6 is 15.9 Å². The summed E-state index contributed by atoms with van der Waals surface area (Å²) < 4.78 is 7.93. The van der Waals surface area contributed by atoms with Crippen LogP contribution in [0.3, 0.4) is 0 Å². The van der Waals surface area contributed by atoms with Gasteiger partial charge < -0.3 is 4.74 Å². The van der Waals surface area contributed by atoms with E-state index in [0.717, 1.165) is 10.0 Å². The fourth-order valence-corrected chi connectivity index (χ4v) is 3.47. The number of aryl methyl sites for hydroxylation is 1. The Morgan fingerprint density at radius 3 is 2.66 bits per heavy atom. The van der Waals surface area contributed by atoms with Gasteiger partial charge in [-0.3, -0.25) is 14.9 Å². The molecule has 0 aliphatic carbocycles. The van der Waals surface area contributed by atoms with Crippen LogP contribution in [0, 0.1) is 17.0 Å². The first kappa shape index (κ1) is 21.4. The Bertz CT molecular complexity index is 1400. The maximum atomic E-state index is 12.9. The molecule has 0 N–H and O–H groups in total. The number of benzene rings is 3. The quantitative estimate of drug-likeness (QED) is 0.218. The van der Waals surface area contributed by atoms with E-state index >= 15 is 0 Å². The number of ether oxygens (including phenoxy) is 1. The van der Waals surface area contributed by atoms with Gasteiger partial charge in [0.15, 0.2) is 0 Å². The molecule has 9 heteroatoms. The number of fused-ring (bicyclic) bond motifs is 1. The van der Waals surface area contributed by atoms with Gasteiger partial charge in [0.2, 0.25) is 0 Å². The molecule has 3 aromatic carbocycles. The van der Waals surface area contributed by atoms with Crippen molar-refractivity contribution >= 4 is 38.7 Å². The van der Waals surface area contributed by atoms with Gasteiger partial charge in [0.25, 0.3) is 11.2 Å². The van der Waals surface area contributed by atoms with Gasteiger partial charge in [-0.05, 0) is 55.0 Å². The molecule has 0 bridgehead atoms. The van der Waals surface area contributed by atoms with Crippen LogP contribution in [0.1, 0.15) is 17.0 Å². The van der Waals surface area contributed by atoms with E-state index in [4.69, 9.17) is 4.74 Å². The van der Waals surface area contributed by atoms with E-state index in [-0.39, 0.29) is 17.9 Å². The molecule has 0 fully saturated rings. The molecule has 0 aliphatic rings. The molecule has 32 heavy (non-hydrogen) atoms. The summed E-state index contributed by atoms with van der Waals surface area (Å²) in [5.74, 6) is 1.03. The number of hydrogen-bond acceptors (Lipinski definition) is 6. The van der Waals surface area contributed by atoms with Gasteiger partial charge in [-0.2, -0.15) is 9.78 Å². The normalized spacial score (nSPS) is 11.2. The van der Waals surface area contributed by atoms with E-state index in [0.29, 0.717) is 28.0 Å². The van der Waals surface area contributed by atoms with Gasteiger partial charge in [0, 0.05) is 22.2 Å². The second-order valence-electron chi connectivity index (χ2n) is 6.93. The lowest BCUT2D eigenvalue weighted by Crippen LogP contribution is -2.20. The minimum Gasteiger partial charge on any atom is -0.488 e. The molecule has 8 nitrogen and oxygen atoms in total. The van der Waals surface area contributed by atoms with Gasteiger partial charge in [0.05, 0.1) is 22.0 Å². The third-order valence-corrected chi connectivity index (χ3v) is 5.24. The molecule has 160 valence electrons. The molecule has 0 radical (unpaired) electrons. The van der Waals surface area contributed by atoms with E-state index in [1.54, 1.807) is 43.5 Å². The van der Waals surface area contributed by atoms with Crippen molar-refractivity contribution in [1.29, 1.82) is 0 Å². The van der Waals surface area contributed by atoms with Crippen LogP contribution in [0.5, 0.6) is 5.75 Å². The number of nitrogens with zero attached hydrogens (tertiary/aromatic N) is 4. The van der Waals surface area contributed by atoms with Crippen LogP contribution in [0.2, 0.25) is 0 Å². The Kier molecular flexibility index (Phi) is 6.09. The van der Waals surface area contributed by atoms with Gasteiger partial charge in [-0.1, -0.05) is 28.1 Å². The maximum Gasteiger partial charge on any atom is 0.282 e. The molecule has 0 spiro atoms. The summed E-state index contributed by atoms with van der Waals surface area (Å²) in [6.45, 7) is 1.95. The molecule has 1 heterocycles. The predicted molar refractivity (Wildman–Crippen MR) is 125 cm³/mol. The second-order valence-corrected chi connectivity index (χ2v) is 7.85. The van der Waals surface area contributed by atoms with Crippen molar-refractivity contribution in [2.45, 2.75) is 13.5 Å². The number of nitro benzene ring substituents is 1. The van der Waals surface area contributed by atoms with Crippen molar-refractivity contribution < 1.29 is 9.66 Å². The smallest absolute Gasteiger partial charge is 0.282 e. The van der Waals surface area contributed by atoms with E-state index in [1.165, 1.54) is 16.8 Å². The summed E-state index contributed by atoms with van der Waals surface area (Å²) in [6, 6.07) is 18.8. The number of nitro groups is 1. The number of non-ortho nitro benzene ring substituents is 1. The number of hydrogen-bond donors (Lipinski definition) is 0. The Labute approximate surface area is 191 Å². The Hall–Kier alpha value is -3.85. The molecule has 0 unspecified atom stereocenters. The van der Waals surface area contributed by atoms with Crippen molar-refractivity contribution in [3.05, 3.63) is 109 Å². The highest BCUT2D eigenvalue weighted by Gasteiger charge is 2.09. The highest BCUT2D eigenvalue weighted by atomic mass is 79.9. The largest absolute Gasteiger partial charge is 0.488 e. The molecule has 4 aromatic rings. The molecule has 0 amide bonds. The lowest BCUT2D eigenvalue weighted by Gasteiger charge is -2.09. The van der Waals surface area contributed by atoms with Crippen LogP contribution in [0.25, 0.3) is 10.9 Å². The summed E-state index contributed by atoms with van der Waals surface area (Å²) in [6.07, 6.45) is 1.55. The van der Waals surface area contributed by atoms with Crippen LogP contribution in [-0.4, -0.2) is 20.8 Å². The first-order valence-corrected chi connectivity index (χ1v) is 10.4. The van der Waals surface area contributed by atoms with Gasteiger partial charge >= 0.3 is 0 Å². The van der Waals surface area contributed by atoms with Crippen LogP contribution in [0.4, 0.5) is 5.69 Å². The average Bonchev–Trinajstić information content (AvgIpc) is 2.79. The molecule has 0 aliphatic heterocycles. The summed E-state index contributed by atoms with van der Waals surface area (Å²) >= 11 is 3.38. The van der Waals surface area contributed by atoms with Crippen molar-refractivity contribution in [1.82, 2.24) is 9.66 Å². The highest BCUT2D eigenvalue weighted by molar-refractivity contribution is 9.10. The molecule has 1 aromatic heterocycles. The van der Waals surface area contributed by atoms with E-state index in [1.807, 2.05) is 24.3 Å². The van der Waals surface area contributed by atoms with Crippen molar-refractivity contribution in [2.75, 3.05) is 0 Å². The molecular formula is C23H17BrN4O4. The third-order valence-electron chi connectivity index (χ3n) is 4.74. The topological polar surface area (TPSA) is 99.6 Å². The van der Waals surface area contributed by atoms with Gasteiger partial charge in [0.1, 0.15) is 18.2 Å². The van der Waals surface area contributed by atoms with E-state index in [2.05, 4.69) is 26.0 Å². The lowest BCUT2D eigenvalue weighted by molar-refractivity contribution is -0.384. The van der Waals surface area contributed by atoms with Crippen molar-refractivity contribution in [3.63, 3.8) is 0 Å². The average molecular weight is 493 g/mol. The second kappa shape index (κ2) is 9.11. The minimum atomic E-state index is -0.444. The minimum absolute atomic E-state index is 0.0260.